The summed E-state index contributed by atoms with van der Waals surface area (Å²) in [6.07, 6.45) is 2.67. The molecule has 10 nitrogen and oxygen atoms in total. The van der Waals surface area contributed by atoms with Crippen LogP contribution in [0.4, 0.5) is 0 Å². The predicted octanol–water partition coefficient (Wildman–Crippen LogP) is 1.71. The van der Waals surface area contributed by atoms with Gasteiger partial charge in [0.25, 0.3) is 0 Å². The molecule has 0 unspecified atom stereocenters. The summed E-state index contributed by atoms with van der Waals surface area (Å²) in [6.45, 7) is 8.00. The van der Waals surface area contributed by atoms with Crippen LogP contribution in [-0.2, 0) is 29.2 Å². The molecule has 3 atom stereocenters. The number of benzene rings is 1. The molecule has 3 heterocycles. The molecule has 0 bridgehead atoms. The lowest BCUT2D eigenvalue weighted by Gasteiger charge is -2.35. The van der Waals surface area contributed by atoms with Crippen molar-refractivity contribution in [2.45, 2.75) is 58.5 Å². The molecule has 1 N–H and O–H groups in total. The quantitative estimate of drug-likeness (QED) is 0.657. The van der Waals surface area contributed by atoms with Crippen LogP contribution in [0.25, 0.3) is 0 Å². The zero-order chi connectivity index (χ0) is 24.8. The highest BCUT2D eigenvalue weighted by atomic mass is 16.6. The SMILES string of the molecule is C[C@@H]1CN([C@@H](C)CO)C(=O)CCCn2nncc2CO[C@@H]1CN(C)Cc1ccc2c(c1)OCCO2. The molecule has 0 radical (unpaired) electrons. The normalized spacial score (nSPS) is 22.3. The van der Waals surface area contributed by atoms with Gasteiger partial charge in [-0.25, -0.2) is 4.68 Å². The van der Waals surface area contributed by atoms with Gasteiger partial charge < -0.3 is 24.2 Å². The predicted molar refractivity (Wildman–Crippen MR) is 129 cm³/mol. The second kappa shape index (κ2) is 11.8. The summed E-state index contributed by atoms with van der Waals surface area (Å²) in [6, 6.07) is 5.80. The number of hydrogen-bond donors (Lipinski definition) is 1. The summed E-state index contributed by atoms with van der Waals surface area (Å²) in [5.74, 6) is 1.67. The third-order valence-electron chi connectivity index (χ3n) is 6.69. The molecule has 2 aromatic rings. The summed E-state index contributed by atoms with van der Waals surface area (Å²) < 4.78 is 19.6. The minimum absolute atomic E-state index is 0.0454. The lowest BCUT2D eigenvalue weighted by atomic mass is 10.0. The second-order valence-corrected chi connectivity index (χ2v) is 9.63. The fourth-order valence-electron chi connectivity index (χ4n) is 4.62. The highest BCUT2D eigenvalue weighted by molar-refractivity contribution is 5.76. The summed E-state index contributed by atoms with van der Waals surface area (Å²) in [5.41, 5.74) is 2.04. The van der Waals surface area contributed by atoms with Crippen LogP contribution in [0, 0.1) is 5.92 Å². The molecule has 1 aromatic heterocycles. The number of ether oxygens (including phenoxy) is 3. The first-order chi connectivity index (χ1) is 16.9. The van der Waals surface area contributed by atoms with Gasteiger partial charge >= 0.3 is 0 Å². The lowest BCUT2D eigenvalue weighted by molar-refractivity contribution is -0.136. The molecule has 2 aliphatic heterocycles. The van der Waals surface area contributed by atoms with Gasteiger partial charge in [0.2, 0.25) is 5.91 Å². The van der Waals surface area contributed by atoms with Crippen LogP contribution in [0.1, 0.15) is 37.9 Å². The molecule has 0 spiro atoms. The van der Waals surface area contributed by atoms with Crippen molar-refractivity contribution >= 4 is 5.91 Å². The molecule has 0 saturated carbocycles. The van der Waals surface area contributed by atoms with Crippen molar-refractivity contribution in [3.05, 3.63) is 35.7 Å². The molecule has 0 fully saturated rings. The number of aryl methyl sites for hydroxylation is 1. The van der Waals surface area contributed by atoms with E-state index in [0.29, 0.717) is 52.3 Å². The first-order valence-corrected chi connectivity index (χ1v) is 12.4. The molecular weight excluding hydrogens is 450 g/mol. The van der Waals surface area contributed by atoms with Gasteiger partial charge in [0.15, 0.2) is 11.5 Å². The molecule has 1 amide bonds. The van der Waals surface area contributed by atoms with Crippen molar-refractivity contribution in [3.63, 3.8) is 0 Å². The Balaban J connectivity index is 1.48. The average molecular weight is 488 g/mol. The summed E-state index contributed by atoms with van der Waals surface area (Å²) in [4.78, 5) is 17.0. The molecule has 1 aromatic carbocycles. The summed E-state index contributed by atoms with van der Waals surface area (Å²) in [5, 5.41) is 18.0. The molecule has 0 saturated heterocycles. The Hall–Kier alpha value is -2.69. The van der Waals surface area contributed by atoms with Crippen LogP contribution in [0.15, 0.2) is 24.4 Å². The molecule has 2 aliphatic rings. The lowest BCUT2D eigenvalue weighted by Crippen LogP contribution is -2.47. The van der Waals surface area contributed by atoms with Gasteiger partial charge in [0, 0.05) is 38.5 Å². The molecular formula is C25H37N5O5. The van der Waals surface area contributed by atoms with Gasteiger partial charge in [0.05, 0.1) is 37.3 Å². The van der Waals surface area contributed by atoms with Gasteiger partial charge in [-0.1, -0.05) is 18.2 Å². The van der Waals surface area contributed by atoms with Crippen molar-refractivity contribution in [2.24, 2.45) is 5.92 Å². The standard InChI is InChI=1S/C25H37N5O5/c1-18-13-29(19(2)16-31)25(32)5-4-8-30-21(12-26-27-30)17-35-24(18)15-28(3)14-20-6-7-22-23(11-20)34-10-9-33-22/h6-7,11-12,18-19,24,31H,4-5,8-10,13-17H2,1-3H3/t18-,19+,24-/m1/s1. The fraction of sp³-hybridized carbons (Fsp3) is 0.640. The van der Waals surface area contributed by atoms with Crippen molar-refractivity contribution in [1.29, 1.82) is 0 Å². The zero-order valence-electron chi connectivity index (χ0n) is 20.9. The number of aliphatic hydroxyl groups excluding tert-OH is 1. The molecule has 4 rings (SSSR count). The van der Waals surface area contributed by atoms with Gasteiger partial charge in [-0.3, -0.25) is 9.69 Å². The minimum Gasteiger partial charge on any atom is -0.486 e. The Kier molecular flexibility index (Phi) is 8.59. The topological polar surface area (TPSA) is 102 Å². The Morgan fingerprint density at radius 2 is 2.06 bits per heavy atom. The van der Waals surface area contributed by atoms with Crippen LogP contribution < -0.4 is 9.47 Å². The highest BCUT2D eigenvalue weighted by Gasteiger charge is 2.28. The van der Waals surface area contributed by atoms with Crippen LogP contribution >= 0.6 is 0 Å². The number of aromatic nitrogens is 3. The average Bonchev–Trinajstić information content (AvgIpc) is 3.30. The van der Waals surface area contributed by atoms with Crippen molar-refractivity contribution in [1.82, 2.24) is 24.8 Å². The molecule has 192 valence electrons. The maximum absolute atomic E-state index is 13.0. The second-order valence-electron chi connectivity index (χ2n) is 9.63. The van der Waals surface area contributed by atoms with E-state index < -0.39 is 0 Å². The summed E-state index contributed by atoms with van der Waals surface area (Å²) >= 11 is 0. The molecule has 10 heteroatoms. The Bertz CT molecular complexity index is 983. The Morgan fingerprint density at radius 3 is 2.86 bits per heavy atom. The number of likely N-dealkylation sites (N-methyl/N-ethyl adjacent to an activating group) is 1. The van der Waals surface area contributed by atoms with E-state index >= 15 is 0 Å². The Labute approximate surface area is 206 Å². The largest absolute Gasteiger partial charge is 0.486 e. The van der Waals surface area contributed by atoms with Gasteiger partial charge in [0.1, 0.15) is 13.2 Å². The fourth-order valence-corrected chi connectivity index (χ4v) is 4.62. The molecule has 35 heavy (non-hydrogen) atoms. The maximum Gasteiger partial charge on any atom is 0.222 e. The smallest absolute Gasteiger partial charge is 0.222 e. The van der Waals surface area contributed by atoms with E-state index in [4.69, 9.17) is 14.2 Å². The van der Waals surface area contributed by atoms with Crippen LogP contribution in [0.2, 0.25) is 0 Å². The van der Waals surface area contributed by atoms with E-state index in [1.54, 1.807) is 11.1 Å². The van der Waals surface area contributed by atoms with E-state index in [1.165, 1.54) is 0 Å². The minimum atomic E-state index is -0.245. The number of hydrogen-bond acceptors (Lipinski definition) is 8. The first kappa shape index (κ1) is 25.4. The molecule has 0 aliphatic carbocycles. The first-order valence-electron chi connectivity index (χ1n) is 12.4. The highest BCUT2D eigenvalue weighted by Crippen LogP contribution is 2.31. The van der Waals surface area contributed by atoms with Crippen LogP contribution in [0.3, 0.4) is 0 Å². The van der Waals surface area contributed by atoms with Gasteiger partial charge in [-0.05, 0) is 38.1 Å². The van der Waals surface area contributed by atoms with Crippen LogP contribution in [0.5, 0.6) is 11.5 Å². The number of carbonyl (C=O) groups excluding carboxylic acids is 1. The van der Waals surface area contributed by atoms with Crippen molar-refractivity contribution in [2.75, 3.05) is 40.0 Å². The van der Waals surface area contributed by atoms with E-state index in [1.807, 2.05) is 23.7 Å². The van der Waals surface area contributed by atoms with E-state index in [9.17, 15) is 9.90 Å². The van der Waals surface area contributed by atoms with E-state index in [-0.39, 0.29) is 30.6 Å². The van der Waals surface area contributed by atoms with E-state index in [2.05, 4.69) is 35.2 Å². The van der Waals surface area contributed by atoms with Crippen molar-refractivity contribution in [3.8, 4) is 11.5 Å². The Morgan fingerprint density at radius 1 is 1.26 bits per heavy atom. The van der Waals surface area contributed by atoms with E-state index in [0.717, 1.165) is 29.3 Å². The third-order valence-corrected chi connectivity index (χ3v) is 6.69. The third kappa shape index (κ3) is 6.50. The number of rotatable bonds is 6. The van der Waals surface area contributed by atoms with Gasteiger partial charge in [-0.15, -0.1) is 5.10 Å². The monoisotopic (exact) mass is 487 g/mol. The van der Waals surface area contributed by atoms with Crippen molar-refractivity contribution < 1.29 is 24.1 Å². The zero-order valence-corrected chi connectivity index (χ0v) is 20.9. The number of carbonyl (C=O) groups is 1. The number of nitrogens with zero attached hydrogens (tertiary/aromatic N) is 5. The number of fused-ring (bicyclic) bond motifs is 2. The number of amides is 1. The summed E-state index contributed by atoms with van der Waals surface area (Å²) in [7, 11) is 2.06. The maximum atomic E-state index is 13.0. The van der Waals surface area contributed by atoms with Crippen LogP contribution in [-0.4, -0.2) is 87.9 Å². The number of aliphatic hydroxyl groups is 1. The van der Waals surface area contributed by atoms with Gasteiger partial charge in [-0.2, -0.15) is 0 Å².